The van der Waals surface area contributed by atoms with Gasteiger partial charge in [0.05, 0.1) is 26.4 Å². The van der Waals surface area contributed by atoms with Crippen LogP contribution < -0.4 is 0 Å². The molecule has 19 heteroatoms. The summed E-state index contributed by atoms with van der Waals surface area (Å²) in [5.41, 5.74) is 0. The molecule has 0 aliphatic heterocycles. The van der Waals surface area contributed by atoms with E-state index in [0.29, 0.717) is 31.6 Å². The van der Waals surface area contributed by atoms with Crippen LogP contribution in [0, 0.1) is 23.7 Å². The van der Waals surface area contributed by atoms with Gasteiger partial charge in [-0.15, -0.1) is 0 Å². The van der Waals surface area contributed by atoms with Crippen molar-refractivity contribution in [1.29, 1.82) is 0 Å². The zero-order valence-corrected chi connectivity index (χ0v) is 67.6. The van der Waals surface area contributed by atoms with Crippen molar-refractivity contribution in [2.75, 3.05) is 39.6 Å². The van der Waals surface area contributed by atoms with E-state index in [-0.39, 0.29) is 25.7 Å². The van der Waals surface area contributed by atoms with Crippen molar-refractivity contribution >= 4 is 39.5 Å². The lowest BCUT2D eigenvalue weighted by Gasteiger charge is -2.21. The molecule has 100 heavy (non-hydrogen) atoms. The molecule has 0 fully saturated rings. The molecule has 7 atom stereocenters. The van der Waals surface area contributed by atoms with E-state index in [0.717, 1.165) is 114 Å². The fraction of sp³-hybridized carbons (Fsp3) is 0.951. The number of phosphoric ester groups is 2. The number of hydrogen-bond acceptors (Lipinski definition) is 15. The van der Waals surface area contributed by atoms with Gasteiger partial charge in [0.2, 0.25) is 0 Å². The number of hydrogen-bond donors (Lipinski definition) is 3. The summed E-state index contributed by atoms with van der Waals surface area (Å²) in [5, 5.41) is 10.6. The van der Waals surface area contributed by atoms with Crippen LogP contribution in [-0.4, -0.2) is 96.7 Å². The smallest absolute Gasteiger partial charge is 0.462 e. The van der Waals surface area contributed by atoms with Gasteiger partial charge in [-0.3, -0.25) is 37.3 Å². The third-order valence-corrected chi connectivity index (χ3v) is 21.4. The Bertz CT molecular complexity index is 1960. The Morgan fingerprint density at radius 2 is 0.480 bits per heavy atom. The van der Waals surface area contributed by atoms with Gasteiger partial charge >= 0.3 is 39.5 Å². The number of phosphoric acid groups is 2. The summed E-state index contributed by atoms with van der Waals surface area (Å²) >= 11 is 0. The number of esters is 4. The molecule has 4 unspecified atom stereocenters. The van der Waals surface area contributed by atoms with Gasteiger partial charge < -0.3 is 33.8 Å². The Morgan fingerprint density at radius 3 is 0.710 bits per heavy atom. The van der Waals surface area contributed by atoms with E-state index in [1.165, 1.54) is 212 Å². The molecule has 0 aliphatic rings. The fourth-order valence-corrected chi connectivity index (χ4v) is 13.9. The molecule has 0 rings (SSSR count). The quantitative estimate of drug-likeness (QED) is 0.0222. The Kier molecular flexibility index (Phi) is 68.7. The van der Waals surface area contributed by atoms with Crippen LogP contribution in [0.4, 0.5) is 0 Å². The van der Waals surface area contributed by atoms with Crippen LogP contribution in [0.25, 0.3) is 0 Å². The van der Waals surface area contributed by atoms with Crippen molar-refractivity contribution in [2.45, 2.75) is 433 Å². The van der Waals surface area contributed by atoms with Crippen LogP contribution in [0.2, 0.25) is 0 Å². The Morgan fingerprint density at radius 1 is 0.280 bits per heavy atom. The van der Waals surface area contributed by atoms with Crippen molar-refractivity contribution in [3.05, 3.63) is 0 Å². The second-order valence-corrected chi connectivity index (χ2v) is 33.5. The van der Waals surface area contributed by atoms with E-state index in [9.17, 15) is 43.2 Å². The average Bonchev–Trinajstić information content (AvgIpc) is 0.927. The van der Waals surface area contributed by atoms with Crippen molar-refractivity contribution < 1.29 is 80.2 Å². The first kappa shape index (κ1) is 98.1. The number of unbranched alkanes of at least 4 members (excludes halogenated alkanes) is 42. The van der Waals surface area contributed by atoms with Gasteiger partial charge in [0, 0.05) is 25.7 Å². The van der Waals surface area contributed by atoms with E-state index >= 15 is 0 Å². The third-order valence-electron chi connectivity index (χ3n) is 19.5. The molecule has 0 saturated heterocycles. The summed E-state index contributed by atoms with van der Waals surface area (Å²) in [7, 11) is -9.92. The van der Waals surface area contributed by atoms with Crippen LogP contribution in [-0.2, 0) is 65.4 Å². The average molecular weight is 1470 g/mol. The van der Waals surface area contributed by atoms with Crippen molar-refractivity contribution in [3.63, 3.8) is 0 Å². The number of rotatable bonds is 78. The topological polar surface area (TPSA) is 237 Å². The Labute approximate surface area is 613 Å². The molecule has 3 N–H and O–H groups in total. The fourth-order valence-electron chi connectivity index (χ4n) is 12.4. The molecule has 0 amide bonds. The summed E-state index contributed by atoms with van der Waals surface area (Å²) in [6.45, 7) is 14.3. The largest absolute Gasteiger partial charge is 0.472 e. The standard InChI is InChI=1S/C81H158O17P2/c1-9-73(7)59-51-43-34-28-22-17-15-13-11-12-14-16-18-23-31-37-47-55-63-80(85)97-76(67-91-78(83)61-53-45-36-30-26-25-29-35-44-52-60-74(8)10-2)69-95-99(87,88)93-65-75(82)66-94-100(89,90)96-70-77(68-92-79(84)62-54-46-40-39-42-50-58-72(5)6)98-81(86)64-56-48-38-32-24-20-19-21-27-33-41-49-57-71(3)4/h71-77,82H,9-70H2,1-8H3,(H,87,88)(H,89,90)/t73?,74?,75-,76-,77-/m1/s1. The normalized spacial score (nSPS) is 14.6. The molecule has 0 spiro atoms. The highest BCUT2D eigenvalue weighted by molar-refractivity contribution is 7.47. The van der Waals surface area contributed by atoms with Crippen LogP contribution in [0.5, 0.6) is 0 Å². The molecule has 0 bridgehead atoms. The van der Waals surface area contributed by atoms with Crippen LogP contribution in [0.3, 0.4) is 0 Å². The number of carbonyl (C=O) groups excluding carboxylic acids is 4. The molecule has 0 aromatic carbocycles. The summed E-state index contributed by atoms with van der Waals surface area (Å²) in [4.78, 5) is 73.0. The van der Waals surface area contributed by atoms with E-state index in [4.69, 9.17) is 37.0 Å². The van der Waals surface area contributed by atoms with E-state index in [2.05, 4.69) is 55.4 Å². The zero-order chi connectivity index (χ0) is 73.8. The molecule has 0 aromatic rings. The van der Waals surface area contributed by atoms with Crippen LogP contribution in [0.15, 0.2) is 0 Å². The maximum Gasteiger partial charge on any atom is 0.472 e. The van der Waals surface area contributed by atoms with Gasteiger partial charge in [0.15, 0.2) is 12.2 Å². The number of aliphatic hydroxyl groups excluding tert-OH is 1. The molecule has 0 aromatic heterocycles. The first-order valence-corrected chi connectivity index (χ1v) is 44.8. The Hall–Kier alpha value is -1.94. The highest BCUT2D eigenvalue weighted by Crippen LogP contribution is 2.45. The van der Waals surface area contributed by atoms with Gasteiger partial charge in [0.1, 0.15) is 19.3 Å². The van der Waals surface area contributed by atoms with Crippen molar-refractivity contribution in [2.24, 2.45) is 23.7 Å². The lowest BCUT2D eigenvalue weighted by molar-refractivity contribution is -0.161. The van der Waals surface area contributed by atoms with Gasteiger partial charge in [-0.1, -0.05) is 364 Å². The molecule has 0 radical (unpaired) electrons. The third kappa shape index (κ3) is 71.7. The zero-order valence-electron chi connectivity index (χ0n) is 65.8. The molecular formula is C81H158O17P2. The van der Waals surface area contributed by atoms with E-state index in [1.54, 1.807) is 0 Å². The summed E-state index contributed by atoms with van der Waals surface area (Å²) in [5.74, 6) is 1.02. The first-order valence-electron chi connectivity index (χ1n) is 41.8. The van der Waals surface area contributed by atoms with Gasteiger partial charge in [-0.25, -0.2) is 9.13 Å². The monoisotopic (exact) mass is 1470 g/mol. The van der Waals surface area contributed by atoms with Crippen LogP contribution in [0.1, 0.15) is 415 Å². The van der Waals surface area contributed by atoms with E-state index < -0.39 is 97.5 Å². The minimum Gasteiger partial charge on any atom is -0.462 e. The second-order valence-electron chi connectivity index (χ2n) is 30.6. The lowest BCUT2D eigenvalue weighted by Crippen LogP contribution is -2.30. The second kappa shape index (κ2) is 70.1. The van der Waals surface area contributed by atoms with Gasteiger partial charge in [-0.05, 0) is 49.4 Å². The molecule has 0 heterocycles. The SMILES string of the molecule is CCC(C)CCCCCCCCCCCCCCCCCCCCC(=O)O[C@H](COC(=O)CCCCCCCCCCCCC(C)CC)COP(=O)(O)OC[C@@H](O)COP(=O)(O)OC[C@@H](COC(=O)CCCCCCCCC(C)C)OC(=O)CCCCCCCCCCCCCCC(C)C. The van der Waals surface area contributed by atoms with Gasteiger partial charge in [0.25, 0.3) is 0 Å². The number of aliphatic hydroxyl groups is 1. The van der Waals surface area contributed by atoms with Crippen molar-refractivity contribution in [1.82, 2.24) is 0 Å². The number of carbonyl (C=O) groups is 4. The maximum absolute atomic E-state index is 13.1. The molecule has 0 aliphatic carbocycles. The Balaban J connectivity index is 5.20. The number of ether oxygens (including phenoxy) is 4. The molecular weight excluding hydrogens is 1310 g/mol. The summed E-state index contributed by atoms with van der Waals surface area (Å²) in [6.07, 6.45) is 57.0. The van der Waals surface area contributed by atoms with Gasteiger partial charge in [-0.2, -0.15) is 0 Å². The van der Waals surface area contributed by atoms with Crippen LogP contribution >= 0.6 is 15.6 Å². The maximum atomic E-state index is 13.1. The highest BCUT2D eigenvalue weighted by Gasteiger charge is 2.30. The van der Waals surface area contributed by atoms with Crippen molar-refractivity contribution in [3.8, 4) is 0 Å². The minimum atomic E-state index is -4.96. The minimum absolute atomic E-state index is 0.106. The summed E-state index contributed by atoms with van der Waals surface area (Å²) in [6, 6.07) is 0. The predicted octanol–water partition coefficient (Wildman–Crippen LogP) is 24.0. The highest BCUT2D eigenvalue weighted by atomic mass is 31.2. The lowest BCUT2D eigenvalue weighted by atomic mass is 9.99. The molecule has 594 valence electrons. The van der Waals surface area contributed by atoms with E-state index in [1.807, 2.05) is 0 Å². The molecule has 17 nitrogen and oxygen atoms in total. The summed E-state index contributed by atoms with van der Waals surface area (Å²) < 4.78 is 68.7. The first-order chi connectivity index (χ1) is 48.2. The molecule has 0 saturated carbocycles. The predicted molar refractivity (Wildman–Crippen MR) is 409 cm³/mol.